The van der Waals surface area contributed by atoms with Gasteiger partial charge in [-0.1, -0.05) is 0 Å². The number of hydrogen-bond acceptors (Lipinski definition) is 3. The van der Waals surface area contributed by atoms with Crippen LogP contribution in [0, 0.1) is 0 Å². The Balaban J connectivity index is 1.90. The summed E-state index contributed by atoms with van der Waals surface area (Å²) in [5.74, 6) is 0.105. The first-order chi connectivity index (χ1) is 11.7. The van der Waals surface area contributed by atoms with Gasteiger partial charge in [-0.05, 0) is 0 Å². The number of rotatable bonds is 5. The molecule has 0 fully saturated rings. The van der Waals surface area contributed by atoms with Crippen LogP contribution in [0.15, 0.2) is 89.6 Å². The molecule has 0 amide bonds. The standard InChI is InChI=1S/C19H15ClGeO3/c20-21(16-8-3-1-4-9-16,17-10-5-2-6-11-17)24-19(22)14-13-18-12-7-15-23-18/h1-15H/b14-13+. The number of hydrogen-bond donors (Lipinski definition) is 0. The summed E-state index contributed by atoms with van der Waals surface area (Å²) in [5.41, 5.74) is 0. The van der Waals surface area contributed by atoms with Gasteiger partial charge in [0.25, 0.3) is 0 Å². The van der Waals surface area contributed by atoms with Gasteiger partial charge in [-0.25, -0.2) is 0 Å². The Hall–Kier alpha value is -2.24. The molecule has 0 unspecified atom stereocenters. The Morgan fingerprint density at radius 2 is 1.50 bits per heavy atom. The quantitative estimate of drug-likeness (QED) is 0.488. The minimum absolute atomic E-state index is 0.478. The second-order valence-corrected chi connectivity index (χ2v) is 13.2. The van der Waals surface area contributed by atoms with E-state index in [0.717, 1.165) is 8.79 Å². The SMILES string of the molecule is O=C(/C=C/c1ccco1)[O][Ge]([Cl])([c]1ccccc1)[c]1ccccc1. The van der Waals surface area contributed by atoms with E-state index < -0.39 is 18.6 Å². The first-order valence-electron chi connectivity index (χ1n) is 7.43. The maximum absolute atomic E-state index is 12.3. The first-order valence-corrected chi connectivity index (χ1v) is 13.1. The first kappa shape index (κ1) is 16.6. The Labute approximate surface area is 147 Å². The molecule has 0 radical (unpaired) electrons. The second kappa shape index (κ2) is 7.55. The molecule has 0 aliphatic carbocycles. The average molecular weight is 399 g/mol. The molecule has 5 heteroatoms. The van der Waals surface area contributed by atoms with Crippen LogP contribution in [0.4, 0.5) is 0 Å². The van der Waals surface area contributed by atoms with Gasteiger partial charge >= 0.3 is 147 Å². The topological polar surface area (TPSA) is 39.4 Å². The van der Waals surface area contributed by atoms with Gasteiger partial charge in [-0.3, -0.25) is 0 Å². The summed E-state index contributed by atoms with van der Waals surface area (Å²) >= 11 is -3.76. The third-order valence-corrected chi connectivity index (χ3v) is 11.7. The summed E-state index contributed by atoms with van der Waals surface area (Å²) < 4.78 is 12.7. The number of halogens is 1. The van der Waals surface area contributed by atoms with Crippen LogP contribution >= 0.6 is 10.0 Å². The van der Waals surface area contributed by atoms with Crippen molar-refractivity contribution in [1.29, 1.82) is 0 Å². The van der Waals surface area contributed by atoms with Gasteiger partial charge in [0.1, 0.15) is 0 Å². The minimum atomic E-state index is -3.76. The fourth-order valence-corrected chi connectivity index (χ4v) is 8.53. The Bertz CT molecular complexity index is 775. The van der Waals surface area contributed by atoms with Crippen LogP contribution in [0.2, 0.25) is 0 Å². The van der Waals surface area contributed by atoms with Crippen molar-refractivity contribution in [1.82, 2.24) is 0 Å². The van der Waals surface area contributed by atoms with Crippen LogP contribution in [-0.2, 0) is 8.56 Å². The normalized spacial score (nSPS) is 11.5. The second-order valence-electron chi connectivity index (χ2n) is 5.10. The zero-order chi connectivity index (χ0) is 16.8. The molecule has 0 saturated heterocycles. The van der Waals surface area contributed by atoms with E-state index in [1.165, 1.54) is 6.08 Å². The molecule has 1 heterocycles. The van der Waals surface area contributed by atoms with E-state index in [1.54, 1.807) is 24.5 Å². The molecule has 0 spiro atoms. The Morgan fingerprint density at radius 1 is 0.917 bits per heavy atom. The molecule has 1 aromatic heterocycles. The van der Waals surface area contributed by atoms with Crippen LogP contribution in [0.25, 0.3) is 6.08 Å². The van der Waals surface area contributed by atoms with Crippen molar-refractivity contribution in [3.63, 3.8) is 0 Å². The van der Waals surface area contributed by atoms with Crippen molar-refractivity contribution in [2.75, 3.05) is 0 Å². The van der Waals surface area contributed by atoms with E-state index in [2.05, 4.69) is 0 Å². The molecule has 0 bridgehead atoms. The van der Waals surface area contributed by atoms with E-state index in [-0.39, 0.29) is 0 Å². The Morgan fingerprint density at radius 3 is 2.00 bits per heavy atom. The molecule has 0 aliphatic heterocycles. The van der Waals surface area contributed by atoms with E-state index in [0.29, 0.717) is 5.76 Å². The third-order valence-electron chi connectivity index (χ3n) is 3.46. The van der Waals surface area contributed by atoms with Crippen molar-refractivity contribution >= 4 is 43.5 Å². The van der Waals surface area contributed by atoms with Gasteiger partial charge in [-0.15, -0.1) is 0 Å². The van der Waals surface area contributed by atoms with Crippen molar-refractivity contribution in [3.05, 3.63) is 90.9 Å². The third kappa shape index (κ3) is 3.80. The summed E-state index contributed by atoms with van der Waals surface area (Å²) in [5, 5.41) is 0. The molecule has 0 saturated carbocycles. The molecule has 24 heavy (non-hydrogen) atoms. The number of furan rings is 1. The van der Waals surface area contributed by atoms with Gasteiger partial charge in [0.15, 0.2) is 0 Å². The zero-order valence-electron chi connectivity index (χ0n) is 12.8. The molecular formula is C19H15ClGeO3. The molecule has 3 nitrogen and oxygen atoms in total. The van der Waals surface area contributed by atoms with Crippen molar-refractivity contribution in [3.8, 4) is 0 Å². The van der Waals surface area contributed by atoms with E-state index in [1.807, 2.05) is 60.7 Å². The number of benzene rings is 2. The molecule has 3 aromatic rings. The van der Waals surface area contributed by atoms with Crippen LogP contribution < -0.4 is 8.79 Å². The van der Waals surface area contributed by atoms with E-state index >= 15 is 0 Å². The predicted octanol–water partition coefficient (Wildman–Crippen LogP) is 3.33. The van der Waals surface area contributed by atoms with Crippen LogP contribution in [0.5, 0.6) is 0 Å². The molecule has 0 aliphatic rings. The summed E-state index contributed by atoms with van der Waals surface area (Å²) in [4.78, 5) is 12.3. The van der Waals surface area contributed by atoms with Gasteiger partial charge in [-0.2, -0.15) is 0 Å². The van der Waals surface area contributed by atoms with E-state index in [4.69, 9.17) is 18.2 Å². The summed E-state index contributed by atoms with van der Waals surface area (Å²) in [7, 11) is 6.93. The molecule has 0 atom stereocenters. The molecular weight excluding hydrogens is 384 g/mol. The van der Waals surface area contributed by atoms with E-state index in [9.17, 15) is 4.79 Å². The van der Waals surface area contributed by atoms with Crippen LogP contribution in [0.1, 0.15) is 5.76 Å². The summed E-state index contributed by atoms with van der Waals surface area (Å²) in [6.45, 7) is 0. The Kier molecular flexibility index (Phi) is 5.23. The molecule has 0 N–H and O–H groups in total. The summed E-state index contributed by atoms with van der Waals surface area (Å²) in [6.07, 6.45) is 4.45. The van der Waals surface area contributed by atoms with Crippen molar-refractivity contribution < 1.29 is 13.0 Å². The van der Waals surface area contributed by atoms with Gasteiger partial charge in [0, 0.05) is 0 Å². The summed E-state index contributed by atoms with van der Waals surface area (Å²) in [6, 6.07) is 22.5. The monoisotopic (exact) mass is 400 g/mol. The van der Waals surface area contributed by atoms with Gasteiger partial charge in [0.2, 0.25) is 0 Å². The van der Waals surface area contributed by atoms with Crippen LogP contribution in [0.3, 0.4) is 0 Å². The van der Waals surface area contributed by atoms with Crippen molar-refractivity contribution in [2.45, 2.75) is 0 Å². The number of carbonyl (C=O) groups excluding carboxylic acids is 1. The zero-order valence-corrected chi connectivity index (χ0v) is 15.6. The fourth-order valence-electron chi connectivity index (χ4n) is 2.30. The number of carbonyl (C=O) groups is 1. The molecule has 3 rings (SSSR count). The van der Waals surface area contributed by atoms with Gasteiger partial charge in [0.05, 0.1) is 0 Å². The predicted molar refractivity (Wildman–Crippen MR) is 97.6 cm³/mol. The molecule has 2 aromatic carbocycles. The van der Waals surface area contributed by atoms with Gasteiger partial charge < -0.3 is 0 Å². The molecule has 120 valence electrons. The van der Waals surface area contributed by atoms with Crippen molar-refractivity contribution in [2.24, 2.45) is 0 Å². The maximum atomic E-state index is 12.3. The average Bonchev–Trinajstić information content (AvgIpc) is 3.15. The van der Waals surface area contributed by atoms with Crippen LogP contribution in [-0.4, -0.2) is 18.6 Å². The fraction of sp³-hybridized carbons (Fsp3) is 0.